The van der Waals surface area contributed by atoms with Gasteiger partial charge in [-0.25, -0.2) is 9.97 Å². The van der Waals surface area contributed by atoms with Gasteiger partial charge in [0, 0.05) is 68.0 Å². The van der Waals surface area contributed by atoms with Crippen LogP contribution in [0.25, 0.3) is 11.0 Å². The van der Waals surface area contributed by atoms with E-state index in [0.29, 0.717) is 74.0 Å². The van der Waals surface area contributed by atoms with Gasteiger partial charge in [0.1, 0.15) is 23.2 Å². The fourth-order valence-corrected chi connectivity index (χ4v) is 15.7. The van der Waals surface area contributed by atoms with E-state index in [1.807, 2.05) is 32.6 Å². The van der Waals surface area contributed by atoms with Crippen molar-refractivity contribution in [2.45, 2.75) is 263 Å². The number of thiazole rings is 1. The Morgan fingerprint density at radius 1 is 0.753 bits per heavy atom. The van der Waals surface area contributed by atoms with Gasteiger partial charge in [-0.2, -0.15) is 0 Å². The van der Waals surface area contributed by atoms with E-state index in [9.17, 15) is 24.6 Å². The first-order valence-corrected chi connectivity index (χ1v) is 31.9. The molecule has 422 valence electrons. The molecular formula is C63H95N9O4S. The number of unbranched alkanes of at least 4 members (excludes halogenated alkanes) is 1. The van der Waals surface area contributed by atoms with Crippen molar-refractivity contribution < 1.29 is 19.2 Å². The normalized spacial score (nSPS) is 24.5. The summed E-state index contributed by atoms with van der Waals surface area (Å²) in [6, 6.07) is -0.926. The molecule has 5 saturated carbocycles. The molecule has 4 amide bonds. The third-order valence-corrected chi connectivity index (χ3v) is 20.1. The van der Waals surface area contributed by atoms with Crippen LogP contribution in [0.2, 0.25) is 0 Å². The molecule has 6 aliphatic rings. The average molecular weight is 1070 g/mol. The molecule has 0 radical (unpaired) electrons. The second-order valence-electron chi connectivity index (χ2n) is 25.7. The molecule has 5 aliphatic carbocycles. The SMILES string of the molecule is Cc1ncsc1C1CCC(CNC(=O)[C@@H]2CCCN2C(=O)[C@@H](NC(=O)CCCC(=O)NCCCC#CC2CCCC(Cn3c(C4CCCCC4)c(C4CCCCC4)c4c(=N)n(C5CCCCC5)cnc43)C2)C(C)(C)C)CC1. The lowest BCUT2D eigenvalue weighted by molar-refractivity contribution is -0.144. The molecule has 9 rings (SSSR count). The summed E-state index contributed by atoms with van der Waals surface area (Å²) < 4.78 is 4.94. The lowest BCUT2D eigenvalue weighted by Crippen LogP contribution is -2.57. The van der Waals surface area contributed by atoms with Crippen molar-refractivity contribution >= 4 is 46.0 Å². The lowest BCUT2D eigenvalue weighted by Gasteiger charge is -2.35. The fraction of sp³-hybridized carbons (Fsp3) is 0.762. The maximum Gasteiger partial charge on any atom is 0.246 e. The van der Waals surface area contributed by atoms with Crippen LogP contribution < -0.4 is 21.4 Å². The lowest BCUT2D eigenvalue weighted by atomic mass is 9.78. The van der Waals surface area contributed by atoms with E-state index >= 15 is 0 Å². The molecule has 77 heavy (non-hydrogen) atoms. The predicted molar refractivity (Wildman–Crippen MR) is 307 cm³/mol. The summed E-state index contributed by atoms with van der Waals surface area (Å²) in [4.78, 5) is 66.8. The van der Waals surface area contributed by atoms with Crippen molar-refractivity contribution in [1.82, 2.24) is 40.0 Å². The second kappa shape index (κ2) is 27.1. The van der Waals surface area contributed by atoms with Gasteiger partial charge in [-0.1, -0.05) is 90.9 Å². The molecule has 1 saturated heterocycles. The minimum atomic E-state index is -0.783. The van der Waals surface area contributed by atoms with Crippen LogP contribution in [0.5, 0.6) is 0 Å². The topological polar surface area (TPSA) is 167 Å². The molecule has 3 aromatic heterocycles. The third kappa shape index (κ3) is 14.5. The van der Waals surface area contributed by atoms with Crippen molar-refractivity contribution in [3.05, 3.63) is 39.2 Å². The number of carbonyl (C=O) groups excluding carboxylic acids is 4. The van der Waals surface area contributed by atoms with E-state index in [4.69, 9.17) is 4.98 Å². The van der Waals surface area contributed by atoms with Crippen molar-refractivity contribution in [2.75, 3.05) is 19.6 Å². The summed E-state index contributed by atoms with van der Waals surface area (Å²) in [6.45, 7) is 10.6. The summed E-state index contributed by atoms with van der Waals surface area (Å²) in [6.07, 6.45) is 33.6. The Labute approximate surface area is 465 Å². The molecule has 1 aliphatic heterocycles. The summed E-state index contributed by atoms with van der Waals surface area (Å²) >= 11 is 1.75. The first-order chi connectivity index (χ1) is 37.3. The molecular weight excluding hydrogens is 979 g/mol. The Bertz CT molecular complexity index is 2590. The van der Waals surface area contributed by atoms with E-state index in [1.54, 1.807) is 21.9 Å². The number of rotatable bonds is 18. The number of amides is 4. The van der Waals surface area contributed by atoms with E-state index in [-0.39, 0.29) is 36.5 Å². The summed E-state index contributed by atoms with van der Waals surface area (Å²) in [7, 11) is 0. The molecule has 0 bridgehead atoms. The van der Waals surface area contributed by atoms with Gasteiger partial charge >= 0.3 is 0 Å². The Kier molecular flexibility index (Phi) is 20.1. The fourth-order valence-electron chi connectivity index (χ4n) is 14.8. The zero-order chi connectivity index (χ0) is 53.9. The minimum absolute atomic E-state index is 0.0780. The molecule has 2 unspecified atom stereocenters. The molecule has 0 spiro atoms. The Morgan fingerprint density at radius 2 is 1.45 bits per heavy atom. The van der Waals surface area contributed by atoms with Gasteiger partial charge in [-0.05, 0) is 157 Å². The van der Waals surface area contributed by atoms with Crippen LogP contribution in [-0.4, -0.2) is 79.3 Å². The van der Waals surface area contributed by atoms with Crippen LogP contribution in [0.1, 0.15) is 259 Å². The molecule has 14 heteroatoms. The standard InChI is InChI=1S/C63H95N9O4S/c1-43-57(77-42-68-43)49-34-32-45(33-35-49)39-66-61(75)51-29-19-37-70(51)62(76)58(63(2,3)4)69-53(74)31-18-30-52(73)65-36-16-8-9-20-44-21-17-22-46(38-44)40-71-56(48-25-12-6-13-26-48)54(47-23-10-5-11-24-47)55-59(64)72(41-67-60(55)71)50-27-14-7-15-28-50/h41-42,44-51,58,64H,5-8,10-19,21-40H2,1-4H3,(H,65,73)(H,66,75)(H,69,74)/t44?,45?,46?,49?,51-,58+/m0/s1. The maximum absolute atomic E-state index is 14.1. The molecule has 4 atom stereocenters. The zero-order valence-electron chi connectivity index (χ0n) is 47.7. The van der Waals surface area contributed by atoms with Crippen LogP contribution >= 0.6 is 11.3 Å². The number of hydrogen-bond donors (Lipinski definition) is 4. The number of nitrogens with zero attached hydrogens (tertiary/aromatic N) is 5. The van der Waals surface area contributed by atoms with Crippen molar-refractivity contribution in [3.8, 4) is 11.8 Å². The number of fused-ring (bicyclic) bond motifs is 1. The zero-order valence-corrected chi connectivity index (χ0v) is 48.5. The van der Waals surface area contributed by atoms with E-state index < -0.39 is 17.5 Å². The van der Waals surface area contributed by atoms with Gasteiger partial charge < -0.3 is 30.0 Å². The second-order valence-corrected chi connectivity index (χ2v) is 26.6. The minimum Gasteiger partial charge on any atom is -0.356 e. The monoisotopic (exact) mass is 1070 g/mol. The van der Waals surface area contributed by atoms with Crippen molar-refractivity contribution in [2.24, 2.45) is 23.2 Å². The van der Waals surface area contributed by atoms with Crippen molar-refractivity contribution in [1.29, 1.82) is 5.41 Å². The van der Waals surface area contributed by atoms with E-state index in [2.05, 4.69) is 48.8 Å². The number of carbonyl (C=O) groups is 4. The first-order valence-electron chi connectivity index (χ1n) is 31.0. The van der Waals surface area contributed by atoms with Gasteiger partial charge in [0.15, 0.2) is 0 Å². The van der Waals surface area contributed by atoms with Crippen LogP contribution in [-0.2, 0) is 25.7 Å². The Morgan fingerprint density at radius 3 is 2.16 bits per heavy atom. The Hall–Kier alpha value is -4.51. The highest BCUT2D eigenvalue weighted by atomic mass is 32.1. The number of aryl methyl sites for hydroxylation is 1. The summed E-state index contributed by atoms with van der Waals surface area (Å²) in [5, 5.41) is 20.3. The smallest absolute Gasteiger partial charge is 0.246 e. The van der Waals surface area contributed by atoms with Gasteiger partial charge in [0.25, 0.3) is 0 Å². The van der Waals surface area contributed by atoms with E-state index in [0.717, 1.165) is 94.0 Å². The number of hydrogen-bond acceptors (Lipinski definition) is 8. The molecule has 4 N–H and O–H groups in total. The largest absolute Gasteiger partial charge is 0.356 e. The highest BCUT2D eigenvalue weighted by Crippen LogP contribution is 2.46. The average Bonchev–Trinajstić information content (AvgIpc) is 4.38. The van der Waals surface area contributed by atoms with Crippen LogP contribution in [0, 0.1) is 47.3 Å². The van der Waals surface area contributed by atoms with Gasteiger partial charge in [-0.15, -0.1) is 17.3 Å². The van der Waals surface area contributed by atoms with Gasteiger partial charge in [0.05, 0.1) is 22.9 Å². The molecule has 13 nitrogen and oxygen atoms in total. The highest BCUT2D eigenvalue weighted by Gasteiger charge is 2.42. The Balaban J connectivity index is 0.718. The van der Waals surface area contributed by atoms with Crippen LogP contribution in [0.4, 0.5) is 0 Å². The number of aromatic nitrogens is 4. The maximum atomic E-state index is 14.1. The molecule has 4 heterocycles. The van der Waals surface area contributed by atoms with Gasteiger partial charge in [0.2, 0.25) is 23.6 Å². The van der Waals surface area contributed by atoms with Gasteiger partial charge in [-0.3, -0.25) is 24.6 Å². The number of likely N-dealkylation sites (tertiary alicyclic amines) is 1. The highest BCUT2D eigenvalue weighted by molar-refractivity contribution is 7.09. The first kappa shape index (κ1) is 57.2. The molecule has 3 aromatic rings. The predicted octanol–water partition coefficient (Wildman–Crippen LogP) is 12.2. The third-order valence-electron chi connectivity index (χ3n) is 19.0. The van der Waals surface area contributed by atoms with E-state index in [1.165, 1.54) is 112 Å². The summed E-state index contributed by atoms with van der Waals surface area (Å²) in [5.74, 6) is 9.49. The van der Waals surface area contributed by atoms with Crippen LogP contribution in [0.15, 0.2) is 11.8 Å². The van der Waals surface area contributed by atoms with Crippen molar-refractivity contribution in [3.63, 3.8) is 0 Å². The number of nitrogens with one attached hydrogen (secondary N) is 4. The van der Waals surface area contributed by atoms with Crippen LogP contribution in [0.3, 0.4) is 0 Å². The molecule has 6 fully saturated rings. The molecule has 0 aromatic carbocycles. The quantitative estimate of drug-likeness (QED) is 0.0731. The summed E-state index contributed by atoms with van der Waals surface area (Å²) in [5.41, 5.74) is 7.40.